The molecule has 88 valence electrons. The number of carbonyl (C=O) groups is 2. The van der Waals surface area contributed by atoms with Crippen molar-refractivity contribution in [2.24, 2.45) is 0 Å². The number of hydrogen-bond acceptors (Lipinski definition) is 6. The Morgan fingerprint density at radius 2 is 2.38 bits per heavy atom. The topological polar surface area (TPSA) is 76.5 Å². The Bertz CT molecular complexity index is 377. The van der Waals surface area contributed by atoms with Crippen LogP contribution in [-0.2, 0) is 15.3 Å². The maximum atomic E-state index is 11.3. The van der Waals surface area contributed by atoms with E-state index >= 15 is 0 Å². The van der Waals surface area contributed by atoms with Gasteiger partial charge in [0.1, 0.15) is 0 Å². The second kappa shape index (κ2) is 6.49. The number of carbonyl (C=O) groups excluding carboxylic acids is 1. The molecule has 1 aromatic heterocycles. The van der Waals surface area contributed by atoms with Crippen molar-refractivity contribution in [3.8, 4) is 0 Å². The normalized spacial score (nSPS) is 10.1. The number of aromatic nitrogens is 1. The predicted molar refractivity (Wildman–Crippen MR) is 61.9 cm³/mol. The van der Waals surface area contributed by atoms with Crippen LogP contribution in [0.1, 0.15) is 22.4 Å². The van der Waals surface area contributed by atoms with Crippen molar-refractivity contribution in [2.45, 2.75) is 12.7 Å². The van der Waals surface area contributed by atoms with Gasteiger partial charge in [0.25, 0.3) is 0 Å². The van der Waals surface area contributed by atoms with Crippen molar-refractivity contribution in [1.82, 2.24) is 4.98 Å². The Morgan fingerprint density at radius 1 is 1.62 bits per heavy atom. The number of esters is 1. The van der Waals surface area contributed by atoms with Crippen LogP contribution >= 0.6 is 23.1 Å². The average Bonchev–Trinajstić information content (AvgIpc) is 2.66. The summed E-state index contributed by atoms with van der Waals surface area (Å²) in [4.78, 5) is 25.6. The molecule has 0 aliphatic rings. The fourth-order valence-corrected chi connectivity index (χ4v) is 2.35. The van der Waals surface area contributed by atoms with Crippen LogP contribution < -0.4 is 0 Å². The van der Waals surface area contributed by atoms with Crippen LogP contribution in [0.2, 0.25) is 0 Å². The van der Waals surface area contributed by atoms with E-state index in [-0.39, 0.29) is 5.75 Å². The molecule has 0 bridgehead atoms. The van der Waals surface area contributed by atoms with Gasteiger partial charge in [0.15, 0.2) is 0 Å². The summed E-state index contributed by atoms with van der Waals surface area (Å²) >= 11 is 2.46. The summed E-state index contributed by atoms with van der Waals surface area (Å²) in [5.41, 5.74) is 0.708. The van der Waals surface area contributed by atoms with Crippen LogP contribution in [0.15, 0.2) is 5.38 Å². The third kappa shape index (κ3) is 4.19. The van der Waals surface area contributed by atoms with Crippen LogP contribution in [-0.4, -0.2) is 34.4 Å². The molecule has 0 spiro atoms. The third-order valence-corrected chi connectivity index (χ3v) is 3.30. The first-order valence-corrected chi connectivity index (χ1v) is 6.58. The first-order chi connectivity index (χ1) is 7.63. The molecule has 5 nitrogen and oxygen atoms in total. The Hall–Kier alpha value is -1.08. The minimum Gasteiger partial charge on any atom is -0.481 e. The highest BCUT2D eigenvalue weighted by molar-refractivity contribution is 7.99. The zero-order valence-corrected chi connectivity index (χ0v) is 10.3. The molecule has 1 rings (SSSR count). The molecule has 0 radical (unpaired) electrons. The summed E-state index contributed by atoms with van der Waals surface area (Å²) in [6, 6.07) is 0. The van der Waals surface area contributed by atoms with Crippen molar-refractivity contribution in [1.29, 1.82) is 0 Å². The largest absolute Gasteiger partial charge is 0.481 e. The number of ether oxygens (including phenoxy) is 1. The molecule has 0 saturated carbocycles. The van der Waals surface area contributed by atoms with E-state index in [4.69, 9.17) is 9.84 Å². The number of aliphatic carboxylic acids is 1. The molecular weight excluding hydrogens is 250 g/mol. The van der Waals surface area contributed by atoms with Crippen molar-refractivity contribution < 1.29 is 19.4 Å². The molecule has 1 heterocycles. The number of thioether (sulfide) groups is 1. The van der Waals surface area contributed by atoms with Gasteiger partial charge in [-0.25, -0.2) is 9.78 Å². The standard InChI is InChI=1S/C9H11NO4S2/c1-2-14-9(13)8-10-6(4-16-8)3-15-5-7(11)12/h4H,2-3,5H2,1H3,(H,11,12). The molecule has 16 heavy (non-hydrogen) atoms. The van der Waals surface area contributed by atoms with Crippen molar-refractivity contribution >= 4 is 35.0 Å². The molecule has 0 aliphatic heterocycles. The second-order valence-electron chi connectivity index (χ2n) is 2.75. The first-order valence-electron chi connectivity index (χ1n) is 4.54. The number of carboxylic acids is 1. The molecule has 7 heteroatoms. The van der Waals surface area contributed by atoms with E-state index in [0.717, 1.165) is 0 Å². The minimum absolute atomic E-state index is 0.0340. The molecule has 0 unspecified atom stereocenters. The van der Waals surface area contributed by atoms with Gasteiger partial charge in [-0.15, -0.1) is 23.1 Å². The van der Waals surface area contributed by atoms with E-state index in [2.05, 4.69) is 4.98 Å². The van der Waals surface area contributed by atoms with Gasteiger partial charge in [0.05, 0.1) is 18.1 Å². The smallest absolute Gasteiger partial charge is 0.367 e. The lowest BCUT2D eigenvalue weighted by atomic mass is 10.6. The number of thiazole rings is 1. The zero-order chi connectivity index (χ0) is 12.0. The monoisotopic (exact) mass is 261 g/mol. The summed E-state index contributed by atoms with van der Waals surface area (Å²) in [5, 5.41) is 10.5. The minimum atomic E-state index is -0.856. The predicted octanol–water partition coefficient (Wildman–Crippen LogP) is 1.64. The van der Waals surface area contributed by atoms with Gasteiger partial charge in [-0.3, -0.25) is 4.79 Å². The van der Waals surface area contributed by atoms with Gasteiger partial charge in [-0.1, -0.05) is 0 Å². The van der Waals surface area contributed by atoms with Crippen LogP contribution in [0.5, 0.6) is 0 Å². The Labute approximate surface area is 101 Å². The Balaban J connectivity index is 2.45. The van der Waals surface area contributed by atoms with Crippen molar-refractivity contribution in [2.75, 3.05) is 12.4 Å². The SMILES string of the molecule is CCOC(=O)c1nc(CSCC(=O)O)cs1. The quantitative estimate of drug-likeness (QED) is 0.784. The van der Waals surface area contributed by atoms with Crippen molar-refractivity contribution in [3.05, 3.63) is 16.1 Å². The molecule has 0 atom stereocenters. The maximum Gasteiger partial charge on any atom is 0.367 e. The van der Waals surface area contributed by atoms with E-state index in [1.807, 2.05) is 0 Å². The Kier molecular flexibility index (Phi) is 5.27. The Morgan fingerprint density at radius 3 is 3.00 bits per heavy atom. The first kappa shape index (κ1) is 13.0. The molecule has 0 saturated heterocycles. The fourth-order valence-electron chi connectivity index (χ4n) is 0.903. The van der Waals surface area contributed by atoms with Gasteiger partial charge in [-0.2, -0.15) is 0 Å². The van der Waals surface area contributed by atoms with Crippen LogP contribution in [0, 0.1) is 0 Å². The second-order valence-corrected chi connectivity index (χ2v) is 4.59. The van der Waals surface area contributed by atoms with Crippen LogP contribution in [0.3, 0.4) is 0 Å². The molecule has 1 aromatic rings. The fraction of sp³-hybridized carbons (Fsp3) is 0.444. The lowest BCUT2D eigenvalue weighted by Crippen LogP contribution is -2.04. The van der Waals surface area contributed by atoms with Crippen LogP contribution in [0.4, 0.5) is 0 Å². The number of carboxylic acid groups (broad SMARTS) is 1. The molecule has 1 N–H and O–H groups in total. The lowest BCUT2D eigenvalue weighted by Gasteiger charge is -1.96. The summed E-state index contributed by atoms with van der Waals surface area (Å²) < 4.78 is 4.79. The highest BCUT2D eigenvalue weighted by atomic mass is 32.2. The number of hydrogen-bond donors (Lipinski definition) is 1. The molecule has 0 aliphatic carbocycles. The summed E-state index contributed by atoms with van der Waals surface area (Å²) in [6.07, 6.45) is 0. The highest BCUT2D eigenvalue weighted by Gasteiger charge is 2.11. The van der Waals surface area contributed by atoms with E-state index in [1.54, 1.807) is 12.3 Å². The lowest BCUT2D eigenvalue weighted by molar-refractivity contribution is -0.133. The van der Waals surface area contributed by atoms with Gasteiger partial charge in [-0.05, 0) is 6.92 Å². The van der Waals surface area contributed by atoms with E-state index in [1.165, 1.54) is 23.1 Å². The van der Waals surface area contributed by atoms with Gasteiger partial charge < -0.3 is 9.84 Å². The van der Waals surface area contributed by atoms with Gasteiger partial charge >= 0.3 is 11.9 Å². The highest BCUT2D eigenvalue weighted by Crippen LogP contribution is 2.16. The van der Waals surface area contributed by atoms with Crippen molar-refractivity contribution in [3.63, 3.8) is 0 Å². The third-order valence-electron chi connectivity index (χ3n) is 1.48. The van der Waals surface area contributed by atoms with E-state index in [9.17, 15) is 9.59 Å². The summed E-state index contributed by atoms with van der Waals surface area (Å²) in [7, 11) is 0. The number of rotatable bonds is 6. The van der Waals surface area contributed by atoms with E-state index in [0.29, 0.717) is 23.1 Å². The maximum absolute atomic E-state index is 11.3. The average molecular weight is 261 g/mol. The molecule has 0 amide bonds. The summed E-state index contributed by atoms with van der Waals surface area (Å²) in [5.74, 6) is -0.762. The summed E-state index contributed by atoms with van der Waals surface area (Å²) in [6.45, 7) is 2.05. The van der Waals surface area contributed by atoms with E-state index < -0.39 is 11.9 Å². The molecule has 0 aromatic carbocycles. The number of nitrogens with zero attached hydrogens (tertiary/aromatic N) is 1. The molecular formula is C9H11NO4S2. The zero-order valence-electron chi connectivity index (χ0n) is 8.63. The van der Waals surface area contributed by atoms with Gasteiger partial charge in [0, 0.05) is 11.1 Å². The molecule has 0 fully saturated rings. The van der Waals surface area contributed by atoms with Gasteiger partial charge in [0.2, 0.25) is 5.01 Å². The van der Waals surface area contributed by atoms with Crippen LogP contribution in [0.25, 0.3) is 0 Å².